The van der Waals surface area contributed by atoms with Crippen molar-refractivity contribution >= 4 is 0 Å². The molecule has 1 aliphatic rings. The number of hydrogen-bond acceptors (Lipinski definition) is 1. The first-order chi connectivity index (χ1) is 7.81. The molecule has 2 atom stereocenters. The molecule has 2 rings (SSSR count). The Labute approximate surface area is 99.3 Å². The first kappa shape index (κ1) is 11.7. The molecule has 1 nitrogen and oxygen atoms in total. The molecule has 1 N–H and O–H groups in total. The minimum absolute atomic E-state index is 0.779. The third kappa shape index (κ3) is 2.65. The second-order valence-electron chi connectivity index (χ2n) is 5.12. The third-order valence-corrected chi connectivity index (χ3v) is 3.88. The van der Waals surface area contributed by atoms with Gasteiger partial charge in [-0.1, -0.05) is 42.7 Å². The predicted octanol–water partition coefficient (Wildman–Crippen LogP) is 3.49. The minimum atomic E-state index is 0.779. The first-order valence-corrected chi connectivity index (χ1v) is 6.52. The van der Waals surface area contributed by atoms with Gasteiger partial charge in [0.05, 0.1) is 0 Å². The summed E-state index contributed by atoms with van der Waals surface area (Å²) >= 11 is 0. The summed E-state index contributed by atoms with van der Waals surface area (Å²) in [6, 6.07) is 9.16. The van der Waals surface area contributed by atoms with Gasteiger partial charge in [-0.05, 0) is 50.8 Å². The van der Waals surface area contributed by atoms with Gasteiger partial charge in [0.2, 0.25) is 0 Å². The Morgan fingerprint density at radius 3 is 2.50 bits per heavy atom. The molecule has 2 unspecified atom stereocenters. The van der Waals surface area contributed by atoms with E-state index in [1.165, 1.54) is 37.8 Å². The highest BCUT2D eigenvalue weighted by atomic mass is 14.8. The molecule has 1 aromatic rings. The lowest BCUT2D eigenvalue weighted by Crippen LogP contribution is -2.27. The normalized spacial score (nSPS) is 25.6. The van der Waals surface area contributed by atoms with Crippen LogP contribution in [0.1, 0.15) is 42.7 Å². The largest absolute Gasteiger partial charge is 0.319 e. The molecule has 1 aromatic carbocycles. The highest BCUT2D eigenvalue weighted by molar-refractivity contribution is 5.25. The van der Waals surface area contributed by atoms with Crippen LogP contribution in [-0.2, 0) is 0 Å². The van der Waals surface area contributed by atoms with E-state index in [2.05, 4.69) is 43.6 Å². The molecular weight excluding hydrogens is 194 g/mol. The molecule has 0 radical (unpaired) electrons. The second-order valence-corrected chi connectivity index (χ2v) is 5.12. The second kappa shape index (κ2) is 5.49. The van der Waals surface area contributed by atoms with Crippen LogP contribution in [0.3, 0.4) is 0 Å². The van der Waals surface area contributed by atoms with Gasteiger partial charge in [0.15, 0.2) is 0 Å². The van der Waals surface area contributed by atoms with Crippen molar-refractivity contribution in [2.24, 2.45) is 5.92 Å². The Hall–Kier alpha value is -0.820. The van der Waals surface area contributed by atoms with Gasteiger partial charge in [0.1, 0.15) is 0 Å². The maximum atomic E-state index is 3.35. The Morgan fingerprint density at radius 1 is 1.12 bits per heavy atom. The summed E-state index contributed by atoms with van der Waals surface area (Å²) in [5.74, 6) is 1.61. The minimum Gasteiger partial charge on any atom is -0.319 e. The van der Waals surface area contributed by atoms with Crippen LogP contribution in [0.5, 0.6) is 0 Å². The fraction of sp³-hybridized carbons (Fsp3) is 0.600. The van der Waals surface area contributed by atoms with E-state index >= 15 is 0 Å². The van der Waals surface area contributed by atoms with Gasteiger partial charge in [-0.25, -0.2) is 0 Å². The highest BCUT2D eigenvalue weighted by Gasteiger charge is 2.25. The average molecular weight is 217 g/mol. The Morgan fingerprint density at radius 2 is 1.81 bits per heavy atom. The fourth-order valence-corrected chi connectivity index (χ4v) is 2.97. The SMILES string of the molecule is CNCC1CCCCC1c1ccc(C)cc1. The lowest BCUT2D eigenvalue weighted by atomic mass is 9.75. The molecule has 0 aliphatic heterocycles. The van der Waals surface area contributed by atoms with Crippen LogP contribution in [0.25, 0.3) is 0 Å². The molecule has 0 saturated heterocycles. The van der Waals surface area contributed by atoms with Crippen LogP contribution in [-0.4, -0.2) is 13.6 Å². The van der Waals surface area contributed by atoms with Crippen molar-refractivity contribution in [3.8, 4) is 0 Å². The lowest BCUT2D eigenvalue weighted by Gasteiger charge is -2.32. The Bertz CT molecular complexity index is 313. The molecule has 0 heterocycles. The van der Waals surface area contributed by atoms with E-state index in [-0.39, 0.29) is 0 Å². The van der Waals surface area contributed by atoms with E-state index < -0.39 is 0 Å². The summed E-state index contributed by atoms with van der Waals surface area (Å²) in [6.45, 7) is 3.33. The smallest absolute Gasteiger partial charge is 0.00177 e. The van der Waals surface area contributed by atoms with Crippen LogP contribution in [0.15, 0.2) is 24.3 Å². The number of rotatable bonds is 3. The van der Waals surface area contributed by atoms with E-state index in [0.717, 1.165) is 11.8 Å². The average Bonchev–Trinajstić information content (AvgIpc) is 2.32. The molecule has 1 heteroatoms. The molecular formula is C15H23N. The monoisotopic (exact) mass is 217 g/mol. The number of benzene rings is 1. The van der Waals surface area contributed by atoms with E-state index in [0.29, 0.717) is 0 Å². The fourth-order valence-electron chi connectivity index (χ4n) is 2.97. The summed E-state index contributed by atoms with van der Waals surface area (Å²) in [5, 5.41) is 3.35. The predicted molar refractivity (Wildman–Crippen MR) is 69.8 cm³/mol. The molecule has 0 amide bonds. The van der Waals surface area contributed by atoms with Crippen molar-refractivity contribution in [2.75, 3.05) is 13.6 Å². The van der Waals surface area contributed by atoms with Gasteiger partial charge in [-0.15, -0.1) is 0 Å². The standard InChI is InChI=1S/C15H23N/c1-12-7-9-13(10-8-12)15-6-4-3-5-14(15)11-16-2/h7-10,14-16H,3-6,11H2,1-2H3. The molecule has 0 bridgehead atoms. The van der Waals surface area contributed by atoms with Crippen molar-refractivity contribution in [1.82, 2.24) is 5.32 Å². The van der Waals surface area contributed by atoms with Gasteiger partial charge in [-0.2, -0.15) is 0 Å². The summed E-state index contributed by atoms with van der Waals surface area (Å²) in [4.78, 5) is 0. The zero-order valence-electron chi connectivity index (χ0n) is 10.5. The van der Waals surface area contributed by atoms with Crippen LogP contribution in [0.4, 0.5) is 0 Å². The third-order valence-electron chi connectivity index (χ3n) is 3.88. The topological polar surface area (TPSA) is 12.0 Å². The molecule has 16 heavy (non-hydrogen) atoms. The van der Waals surface area contributed by atoms with Gasteiger partial charge < -0.3 is 5.32 Å². The van der Waals surface area contributed by atoms with Gasteiger partial charge in [0, 0.05) is 0 Å². The lowest BCUT2D eigenvalue weighted by molar-refractivity contribution is 0.301. The molecule has 1 aliphatic carbocycles. The maximum Gasteiger partial charge on any atom is -0.00177 e. The number of nitrogens with one attached hydrogen (secondary N) is 1. The molecule has 88 valence electrons. The molecule has 1 fully saturated rings. The van der Waals surface area contributed by atoms with Gasteiger partial charge in [0.25, 0.3) is 0 Å². The Kier molecular flexibility index (Phi) is 4.00. The van der Waals surface area contributed by atoms with Crippen molar-refractivity contribution in [2.45, 2.75) is 38.5 Å². The van der Waals surface area contributed by atoms with Crippen LogP contribution in [0, 0.1) is 12.8 Å². The van der Waals surface area contributed by atoms with Crippen molar-refractivity contribution < 1.29 is 0 Å². The number of hydrogen-bond donors (Lipinski definition) is 1. The van der Waals surface area contributed by atoms with Crippen LogP contribution in [0.2, 0.25) is 0 Å². The van der Waals surface area contributed by atoms with Crippen molar-refractivity contribution in [1.29, 1.82) is 0 Å². The maximum absolute atomic E-state index is 3.35. The summed E-state index contributed by atoms with van der Waals surface area (Å²) < 4.78 is 0. The Balaban J connectivity index is 2.13. The summed E-state index contributed by atoms with van der Waals surface area (Å²) in [6.07, 6.45) is 5.57. The first-order valence-electron chi connectivity index (χ1n) is 6.52. The van der Waals surface area contributed by atoms with E-state index in [9.17, 15) is 0 Å². The molecule has 1 saturated carbocycles. The quantitative estimate of drug-likeness (QED) is 0.817. The molecule has 0 aromatic heterocycles. The summed E-state index contributed by atoms with van der Waals surface area (Å²) in [7, 11) is 2.07. The van der Waals surface area contributed by atoms with Gasteiger partial charge >= 0.3 is 0 Å². The summed E-state index contributed by atoms with van der Waals surface area (Å²) in [5.41, 5.74) is 2.91. The zero-order valence-corrected chi connectivity index (χ0v) is 10.5. The zero-order chi connectivity index (χ0) is 11.4. The van der Waals surface area contributed by atoms with Crippen molar-refractivity contribution in [3.05, 3.63) is 35.4 Å². The van der Waals surface area contributed by atoms with Crippen molar-refractivity contribution in [3.63, 3.8) is 0 Å². The van der Waals surface area contributed by atoms with Crippen LogP contribution >= 0.6 is 0 Å². The van der Waals surface area contributed by atoms with E-state index in [1.54, 1.807) is 5.56 Å². The van der Waals surface area contributed by atoms with E-state index in [1.807, 2.05) is 0 Å². The molecule has 0 spiro atoms. The number of aryl methyl sites for hydroxylation is 1. The highest BCUT2D eigenvalue weighted by Crippen LogP contribution is 2.37. The van der Waals surface area contributed by atoms with Crippen LogP contribution < -0.4 is 5.32 Å². The van der Waals surface area contributed by atoms with E-state index in [4.69, 9.17) is 0 Å². The van der Waals surface area contributed by atoms with Gasteiger partial charge in [-0.3, -0.25) is 0 Å².